The fourth-order valence-electron chi connectivity index (χ4n) is 4.37. The van der Waals surface area contributed by atoms with Crippen molar-refractivity contribution in [2.75, 3.05) is 32.1 Å². The highest BCUT2D eigenvalue weighted by Gasteiger charge is 2.39. The van der Waals surface area contributed by atoms with Gasteiger partial charge in [-0.3, -0.25) is 0 Å². The van der Waals surface area contributed by atoms with Crippen LogP contribution in [0.4, 0.5) is 0 Å². The van der Waals surface area contributed by atoms with Gasteiger partial charge in [0.05, 0.1) is 12.5 Å². The quantitative estimate of drug-likeness (QED) is 0.653. The van der Waals surface area contributed by atoms with Crippen LogP contribution in [-0.4, -0.2) is 32.1 Å². The molecule has 4 nitrogen and oxygen atoms in total. The normalized spacial score (nSPS) is 21.9. The highest BCUT2D eigenvalue weighted by atomic mass is 32.2. The van der Waals surface area contributed by atoms with Crippen molar-refractivity contribution in [3.63, 3.8) is 0 Å². The van der Waals surface area contributed by atoms with Gasteiger partial charge in [0.25, 0.3) is 0 Å². The first kappa shape index (κ1) is 22.6. The Labute approximate surface area is 198 Å². The van der Waals surface area contributed by atoms with E-state index in [-0.39, 0.29) is 11.8 Å². The van der Waals surface area contributed by atoms with Gasteiger partial charge in [0.15, 0.2) is 0 Å². The van der Waals surface area contributed by atoms with Gasteiger partial charge in [-0.2, -0.15) is 5.26 Å². The molecule has 0 amide bonds. The zero-order chi connectivity index (χ0) is 22.7. The highest BCUT2D eigenvalue weighted by Crippen LogP contribution is 2.42. The first-order valence-corrected chi connectivity index (χ1v) is 13.2. The van der Waals surface area contributed by atoms with Crippen LogP contribution in [0.15, 0.2) is 86.7 Å². The van der Waals surface area contributed by atoms with Crippen LogP contribution in [0, 0.1) is 11.3 Å². The van der Waals surface area contributed by atoms with Crippen LogP contribution in [0.3, 0.4) is 0 Å². The summed E-state index contributed by atoms with van der Waals surface area (Å²) in [6.07, 6.45) is 6.35. The molecule has 0 radical (unpaired) electrons. The van der Waals surface area contributed by atoms with E-state index in [1.54, 1.807) is 23.5 Å². The minimum Gasteiger partial charge on any atom is -0.440 e. The molecule has 0 saturated heterocycles. The molecule has 2 heterocycles. The Bertz CT molecular complexity index is 1130. The summed E-state index contributed by atoms with van der Waals surface area (Å²) in [5.74, 6) is 0.879. The summed E-state index contributed by atoms with van der Waals surface area (Å²) >= 11 is 3.44. The van der Waals surface area contributed by atoms with Gasteiger partial charge in [-0.1, -0.05) is 24.3 Å². The lowest BCUT2D eigenvalue weighted by Crippen LogP contribution is -3.12. The second kappa shape index (κ2) is 9.91. The monoisotopic (exact) mass is 462 g/mol. The fraction of sp³-hybridized carbons (Fsp3) is 0.269. The van der Waals surface area contributed by atoms with Gasteiger partial charge in [0.1, 0.15) is 30.5 Å². The van der Waals surface area contributed by atoms with Crippen molar-refractivity contribution in [3.8, 4) is 6.07 Å². The number of nitrogens with one attached hydrogen (secondary N) is 1. The zero-order valence-corrected chi connectivity index (χ0v) is 20.3. The van der Waals surface area contributed by atoms with Crippen LogP contribution in [0.25, 0.3) is 6.08 Å². The van der Waals surface area contributed by atoms with E-state index >= 15 is 0 Å². The van der Waals surface area contributed by atoms with E-state index in [2.05, 4.69) is 80.1 Å². The molecule has 2 atom stereocenters. The van der Waals surface area contributed by atoms with Crippen LogP contribution < -0.4 is 10.6 Å². The fourth-order valence-corrected chi connectivity index (χ4v) is 5.18. The molecule has 6 heteroatoms. The number of nitriles is 1. The van der Waals surface area contributed by atoms with Crippen LogP contribution >= 0.6 is 23.5 Å². The number of ether oxygens (including phenoxy) is 1. The summed E-state index contributed by atoms with van der Waals surface area (Å²) < 4.78 is 6.14. The lowest BCUT2D eigenvalue weighted by atomic mass is 9.80. The van der Waals surface area contributed by atoms with Crippen molar-refractivity contribution in [2.45, 2.75) is 22.6 Å². The van der Waals surface area contributed by atoms with Gasteiger partial charge in [0, 0.05) is 20.9 Å². The lowest BCUT2D eigenvalue weighted by Gasteiger charge is -2.36. The Morgan fingerprint density at radius 1 is 1.06 bits per heavy atom. The minimum atomic E-state index is -0.177. The molecule has 2 aromatic rings. The standard InChI is InChI=1S/C26H27N3OS2/c1-4-29-15-19(13-17-5-9-20(31-2)10-6-17)25-23(16-29)24(22(14-27)26(28)30-25)18-7-11-21(32-3)12-8-18/h5-13,24H,4,15-16,28H2,1-3H3/p+1/b19-13+/t24-/m1/s1. The van der Waals surface area contributed by atoms with E-state index < -0.39 is 0 Å². The molecule has 2 aliphatic heterocycles. The summed E-state index contributed by atoms with van der Waals surface area (Å²) in [5, 5.41) is 9.94. The van der Waals surface area contributed by atoms with E-state index in [4.69, 9.17) is 10.5 Å². The molecule has 0 aliphatic carbocycles. The number of rotatable bonds is 5. The molecule has 164 valence electrons. The SMILES string of the molecule is CC[NH+]1CC2=C(OC(N)=C(C#N)[C@H]2c2ccc(SC)cc2)/C(=C/c2ccc(SC)cc2)C1. The molecule has 2 aliphatic rings. The second-order valence-electron chi connectivity index (χ2n) is 7.95. The van der Waals surface area contributed by atoms with Gasteiger partial charge in [0.2, 0.25) is 5.88 Å². The third kappa shape index (κ3) is 4.47. The summed E-state index contributed by atoms with van der Waals surface area (Å²) in [7, 11) is 0. The molecular formula is C26H28N3OS2+. The molecule has 1 unspecified atom stereocenters. The van der Waals surface area contributed by atoms with E-state index in [1.165, 1.54) is 14.7 Å². The average Bonchev–Trinajstić information content (AvgIpc) is 2.84. The number of quaternary nitrogens is 1. The van der Waals surface area contributed by atoms with Gasteiger partial charge in [-0.25, -0.2) is 0 Å². The maximum atomic E-state index is 9.94. The average molecular weight is 463 g/mol. The predicted octanol–water partition coefficient (Wildman–Crippen LogP) is 4.19. The molecule has 0 saturated carbocycles. The summed E-state index contributed by atoms with van der Waals surface area (Å²) in [6, 6.07) is 19.3. The first-order valence-electron chi connectivity index (χ1n) is 10.7. The third-order valence-electron chi connectivity index (χ3n) is 6.11. The Morgan fingerprint density at radius 2 is 1.69 bits per heavy atom. The molecule has 0 aromatic heterocycles. The van der Waals surface area contributed by atoms with Crippen LogP contribution in [0.2, 0.25) is 0 Å². The first-order chi connectivity index (χ1) is 15.6. The number of allylic oxidation sites excluding steroid dienone is 1. The largest absolute Gasteiger partial charge is 0.440 e. The van der Waals surface area contributed by atoms with Gasteiger partial charge in [-0.15, -0.1) is 23.5 Å². The summed E-state index contributed by atoms with van der Waals surface area (Å²) in [5.41, 5.74) is 11.3. The van der Waals surface area contributed by atoms with E-state index in [1.807, 2.05) is 0 Å². The molecule has 0 fully saturated rings. The van der Waals surface area contributed by atoms with Crippen LogP contribution in [0.1, 0.15) is 24.0 Å². The maximum absolute atomic E-state index is 9.94. The van der Waals surface area contributed by atoms with Crippen molar-refractivity contribution in [2.24, 2.45) is 5.73 Å². The smallest absolute Gasteiger partial charge is 0.205 e. The number of nitrogens with zero attached hydrogens (tertiary/aromatic N) is 1. The molecular weight excluding hydrogens is 434 g/mol. The summed E-state index contributed by atoms with van der Waals surface area (Å²) in [4.78, 5) is 3.89. The van der Waals surface area contributed by atoms with Gasteiger partial charge >= 0.3 is 0 Å². The number of benzene rings is 2. The maximum Gasteiger partial charge on any atom is 0.205 e. The van der Waals surface area contributed by atoms with Crippen molar-refractivity contribution < 1.29 is 9.64 Å². The second-order valence-corrected chi connectivity index (χ2v) is 9.71. The number of thioether (sulfide) groups is 2. The topological polar surface area (TPSA) is 63.5 Å². The van der Waals surface area contributed by atoms with Crippen LogP contribution in [0.5, 0.6) is 0 Å². The molecule has 0 bridgehead atoms. The van der Waals surface area contributed by atoms with Crippen molar-refractivity contribution >= 4 is 29.6 Å². The Balaban J connectivity index is 1.82. The zero-order valence-electron chi connectivity index (χ0n) is 18.6. The Kier molecular flexibility index (Phi) is 7.00. The van der Waals surface area contributed by atoms with E-state index in [0.29, 0.717) is 5.57 Å². The number of hydrogen-bond acceptors (Lipinski definition) is 5. The lowest BCUT2D eigenvalue weighted by molar-refractivity contribution is -0.890. The van der Waals surface area contributed by atoms with Crippen molar-refractivity contribution in [3.05, 3.63) is 88.0 Å². The number of nitrogens with two attached hydrogens (primary N) is 1. The third-order valence-corrected chi connectivity index (χ3v) is 7.59. The highest BCUT2D eigenvalue weighted by molar-refractivity contribution is 7.98. The predicted molar refractivity (Wildman–Crippen MR) is 133 cm³/mol. The minimum absolute atomic E-state index is 0.177. The number of hydrogen-bond donors (Lipinski definition) is 2. The number of likely N-dealkylation sites (N-methyl/N-ethyl adjacent to an activating group) is 1. The van der Waals surface area contributed by atoms with Crippen LogP contribution in [-0.2, 0) is 4.74 Å². The van der Waals surface area contributed by atoms with E-state index in [0.717, 1.165) is 47.7 Å². The molecule has 4 rings (SSSR count). The van der Waals surface area contributed by atoms with Gasteiger partial charge in [-0.05, 0) is 60.9 Å². The Hall–Kier alpha value is -2.59. The van der Waals surface area contributed by atoms with Gasteiger partial charge < -0.3 is 15.4 Å². The molecule has 0 spiro atoms. The summed E-state index contributed by atoms with van der Waals surface area (Å²) in [6.45, 7) is 4.90. The van der Waals surface area contributed by atoms with Crippen molar-refractivity contribution in [1.82, 2.24) is 0 Å². The molecule has 32 heavy (non-hydrogen) atoms. The molecule has 3 N–H and O–H groups in total. The Morgan fingerprint density at radius 3 is 2.25 bits per heavy atom. The molecule has 2 aromatic carbocycles. The van der Waals surface area contributed by atoms with E-state index in [9.17, 15) is 5.26 Å². The van der Waals surface area contributed by atoms with Crippen molar-refractivity contribution in [1.29, 1.82) is 5.26 Å².